The van der Waals surface area contributed by atoms with E-state index in [4.69, 9.17) is 23.2 Å². The van der Waals surface area contributed by atoms with Gasteiger partial charge in [-0.3, -0.25) is 4.98 Å². The van der Waals surface area contributed by atoms with Crippen LogP contribution in [0, 0.1) is 0 Å². The van der Waals surface area contributed by atoms with Gasteiger partial charge in [-0.25, -0.2) is 4.98 Å². The van der Waals surface area contributed by atoms with E-state index in [0.29, 0.717) is 27.9 Å². The van der Waals surface area contributed by atoms with Gasteiger partial charge >= 0.3 is 0 Å². The van der Waals surface area contributed by atoms with Crippen LogP contribution in [-0.2, 0) is 0 Å². The SMILES string of the molecule is Clc1ccc(Nc2cc(-c3cccnc3)nc(NC3CCCC3)n2)c(Cl)c1. The number of hydrogen-bond donors (Lipinski definition) is 2. The molecule has 7 heteroatoms. The predicted molar refractivity (Wildman–Crippen MR) is 111 cm³/mol. The molecule has 0 aliphatic heterocycles. The van der Waals surface area contributed by atoms with Gasteiger partial charge in [0.1, 0.15) is 5.82 Å². The summed E-state index contributed by atoms with van der Waals surface area (Å²) in [6, 6.07) is 11.5. The fourth-order valence-corrected chi connectivity index (χ4v) is 3.68. The zero-order valence-electron chi connectivity index (χ0n) is 14.6. The van der Waals surface area contributed by atoms with Crippen molar-refractivity contribution in [1.29, 1.82) is 0 Å². The Bertz CT molecular complexity index is 927. The van der Waals surface area contributed by atoms with Gasteiger partial charge in [-0.2, -0.15) is 4.98 Å². The van der Waals surface area contributed by atoms with Crippen molar-refractivity contribution in [3.63, 3.8) is 0 Å². The van der Waals surface area contributed by atoms with Crippen LogP contribution in [0.1, 0.15) is 25.7 Å². The van der Waals surface area contributed by atoms with Crippen LogP contribution in [0.3, 0.4) is 0 Å². The molecule has 138 valence electrons. The van der Waals surface area contributed by atoms with Crippen LogP contribution < -0.4 is 10.6 Å². The summed E-state index contributed by atoms with van der Waals surface area (Å²) in [6.45, 7) is 0. The van der Waals surface area contributed by atoms with Gasteiger partial charge in [-0.15, -0.1) is 0 Å². The molecule has 2 N–H and O–H groups in total. The second-order valence-corrected chi connectivity index (χ2v) is 7.42. The summed E-state index contributed by atoms with van der Waals surface area (Å²) in [5.41, 5.74) is 2.47. The van der Waals surface area contributed by atoms with Gasteiger partial charge in [-0.05, 0) is 43.2 Å². The van der Waals surface area contributed by atoms with E-state index >= 15 is 0 Å². The van der Waals surface area contributed by atoms with Crippen molar-refractivity contribution >= 4 is 40.7 Å². The number of hydrogen-bond acceptors (Lipinski definition) is 5. The zero-order chi connectivity index (χ0) is 18.6. The van der Waals surface area contributed by atoms with E-state index in [1.165, 1.54) is 12.8 Å². The summed E-state index contributed by atoms with van der Waals surface area (Å²) >= 11 is 12.3. The van der Waals surface area contributed by atoms with E-state index in [1.54, 1.807) is 24.5 Å². The zero-order valence-corrected chi connectivity index (χ0v) is 16.1. The second kappa shape index (κ2) is 8.11. The van der Waals surface area contributed by atoms with E-state index < -0.39 is 0 Å². The monoisotopic (exact) mass is 399 g/mol. The van der Waals surface area contributed by atoms with Crippen LogP contribution in [0.5, 0.6) is 0 Å². The van der Waals surface area contributed by atoms with Crippen molar-refractivity contribution in [3.05, 3.63) is 58.8 Å². The van der Waals surface area contributed by atoms with Crippen molar-refractivity contribution in [2.24, 2.45) is 0 Å². The number of rotatable bonds is 5. The van der Waals surface area contributed by atoms with Gasteiger partial charge in [0, 0.05) is 35.1 Å². The maximum Gasteiger partial charge on any atom is 0.225 e. The standard InChI is InChI=1S/C20H19Cl2N5/c21-14-7-8-17(16(22)10-14)25-19-11-18(13-4-3-9-23-12-13)26-20(27-19)24-15-5-1-2-6-15/h3-4,7-12,15H,1-2,5-6H2,(H2,24,25,26,27). The Morgan fingerprint density at radius 1 is 1.00 bits per heavy atom. The highest BCUT2D eigenvalue weighted by atomic mass is 35.5. The number of nitrogens with one attached hydrogen (secondary N) is 2. The molecule has 0 atom stereocenters. The lowest BCUT2D eigenvalue weighted by molar-refractivity contribution is 0.744. The van der Waals surface area contributed by atoms with Crippen LogP contribution in [0.25, 0.3) is 11.3 Å². The molecule has 0 unspecified atom stereocenters. The molecule has 3 aromatic rings. The number of aromatic nitrogens is 3. The molecule has 1 aliphatic rings. The molecular formula is C20H19Cl2N5. The average molecular weight is 400 g/mol. The Hall–Kier alpha value is -2.37. The summed E-state index contributed by atoms with van der Waals surface area (Å²) in [4.78, 5) is 13.5. The molecule has 0 amide bonds. The molecule has 1 aliphatic carbocycles. The lowest BCUT2D eigenvalue weighted by Gasteiger charge is -2.15. The van der Waals surface area contributed by atoms with Gasteiger partial charge in [0.2, 0.25) is 5.95 Å². The van der Waals surface area contributed by atoms with Gasteiger partial charge in [0.15, 0.2) is 0 Å². The molecule has 0 radical (unpaired) electrons. The van der Waals surface area contributed by atoms with Crippen molar-refractivity contribution in [3.8, 4) is 11.3 Å². The van der Waals surface area contributed by atoms with Gasteiger partial charge in [0.25, 0.3) is 0 Å². The first kappa shape index (κ1) is 18.0. The fraction of sp³-hybridized carbons (Fsp3) is 0.250. The Labute approximate surface area is 168 Å². The molecular weight excluding hydrogens is 381 g/mol. The first-order chi connectivity index (χ1) is 13.2. The molecule has 0 saturated heterocycles. The van der Waals surface area contributed by atoms with Crippen LogP contribution in [0.2, 0.25) is 10.0 Å². The first-order valence-electron chi connectivity index (χ1n) is 8.95. The molecule has 0 spiro atoms. The molecule has 2 heterocycles. The topological polar surface area (TPSA) is 62.7 Å². The predicted octanol–water partition coefficient (Wildman–Crippen LogP) is 5.94. The number of anilines is 3. The Morgan fingerprint density at radius 2 is 1.85 bits per heavy atom. The van der Waals surface area contributed by atoms with E-state index in [2.05, 4.69) is 25.6 Å². The summed E-state index contributed by atoms with van der Waals surface area (Å²) in [5.74, 6) is 1.27. The molecule has 4 rings (SSSR count). The van der Waals surface area contributed by atoms with Crippen LogP contribution >= 0.6 is 23.2 Å². The van der Waals surface area contributed by atoms with Gasteiger partial charge in [0.05, 0.1) is 16.4 Å². The third kappa shape index (κ3) is 4.49. The summed E-state index contributed by atoms with van der Waals surface area (Å²) < 4.78 is 0. The minimum Gasteiger partial charge on any atom is -0.351 e. The molecule has 5 nitrogen and oxygen atoms in total. The molecule has 27 heavy (non-hydrogen) atoms. The Morgan fingerprint density at radius 3 is 2.59 bits per heavy atom. The Balaban J connectivity index is 1.68. The van der Waals surface area contributed by atoms with Crippen molar-refractivity contribution in [2.45, 2.75) is 31.7 Å². The average Bonchev–Trinajstić information content (AvgIpc) is 3.18. The highest BCUT2D eigenvalue weighted by Gasteiger charge is 2.17. The third-order valence-electron chi connectivity index (χ3n) is 4.57. The van der Waals surface area contributed by atoms with Crippen LogP contribution in [-0.4, -0.2) is 21.0 Å². The number of halogens is 2. The maximum atomic E-state index is 6.30. The quantitative estimate of drug-likeness (QED) is 0.555. The normalized spacial score (nSPS) is 14.3. The van der Waals surface area contributed by atoms with Crippen molar-refractivity contribution in [2.75, 3.05) is 10.6 Å². The largest absolute Gasteiger partial charge is 0.351 e. The highest BCUT2D eigenvalue weighted by Crippen LogP contribution is 2.30. The van der Waals surface area contributed by atoms with E-state index in [0.717, 1.165) is 29.8 Å². The molecule has 2 aromatic heterocycles. The third-order valence-corrected chi connectivity index (χ3v) is 5.11. The number of pyridine rings is 1. The second-order valence-electron chi connectivity index (χ2n) is 6.58. The van der Waals surface area contributed by atoms with E-state index in [1.807, 2.05) is 24.3 Å². The minimum absolute atomic E-state index is 0.418. The van der Waals surface area contributed by atoms with E-state index in [9.17, 15) is 0 Å². The van der Waals surface area contributed by atoms with Crippen molar-refractivity contribution in [1.82, 2.24) is 15.0 Å². The van der Waals surface area contributed by atoms with Crippen LogP contribution in [0.15, 0.2) is 48.8 Å². The minimum atomic E-state index is 0.418. The molecule has 0 bridgehead atoms. The lowest BCUT2D eigenvalue weighted by Crippen LogP contribution is -2.17. The number of benzene rings is 1. The molecule has 1 fully saturated rings. The van der Waals surface area contributed by atoms with Crippen molar-refractivity contribution < 1.29 is 0 Å². The fourth-order valence-electron chi connectivity index (χ4n) is 3.22. The smallest absolute Gasteiger partial charge is 0.225 e. The van der Waals surface area contributed by atoms with Crippen LogP contribution in [0.4, 0.5) is 17.5 Å². The molecule has 1 aromatic carbocycles. The lowest BCUT2D eigenvalue weighted by atomic mass is 10.2. The number of nitrogens with zero attached hydrogens (tertiary/aromatic N) is 3. The summed E-state index contributed by atoms with van der Waals surface area (Å²) in [5, 5.41) is 7.86. The van der Waals surface area contributed by atoms with Gasteiger partial charge < -0.3 is 10.6 Å². The van der Waals surface area contributed by atoms with E-state index in [-0.39, 0.29) is 0 Å². The molecule has 1 saturated carbocycles. The Kier molecular flexibility index (Phi) is 5.41. The van der Waals surface area contributed by atoms with Gasteiger partial charge in [-0.1, -0.05) is 36.0 Å². The summed E-state index contributed by atoms with van der Waals surface area (Å²) in [7, 11) is 0. The maximum absolute atomic E-state index is 6.30. The summed E-state index contributed by atoms with van der Waals surface area (Å²) in [6.07, 6.45) is 8.31. The highest BCUT2D eigenvalue weighted by molar-refractivity contribution is 6.36. The first-order valence-corrected chi connectivity index (χ1v) is 9.71.